The molecule has 2 aromatic rings. The van der Waals surface area contributed by atoms with Crippen LogP contribution < -0.4 is 10.6 Å². The number of anilines is 2. The maximum atomic E-state index is 12.4. The van der Waals surface area contributed by atoms with Gasteiger partial charge >= 0.3 is 6.03 Å². The van der Waals surface area contributed by atoms with Gasteiger partial charge in [0.05, 0.1) is 46.3 Å². The van der Waals surface area contributed by atoms with Gasteiger partial charge in [-0.2, -0.15) is 0 Å². The number of hydrogen-bond donors (Lipinski definition) is 2. The molecule has 0 bridgehead atoms. The Labute approximate surface area is 165 Å². The molecule has 1 aliphatic carbocycles. The Morgan fingerprint density at radius 2 is 2.08 bits per heavy atom. The fourth-order valence-electron chi connectivity index (χ4n) is 2.67. The van der Waals surface area contributed by atoms with Crippen LogP contribution in [-0.4, -0.2) is 23.1 Å². The number of hydrogen-bond acceptors (Lipinski definition) is 4. The number of rotatable bonds is 5. The van der Waals surface area contributed by atoms with Gasteiger partial charge < -0.3 is 15.4 Å². The predicted octanol–water partition coefficient (Wildman–Crippen LogP) is 5.43. The van der Waals surface area contributed by atoms with E-state index in [4.69, 9.17) is 16.3 Å². The summed E-state index contributed by atoms with van der Waals surface area (Å²) in [5, 5.41) is 6.16. The molecule has 8 heteroatoms. The van der Waals surface area contributed by atoms with E-state index in [0.717, 1.165) is 34.3 Å². The van der Waals surface area contributed by atoms with E-state index in [2.05, 4.69) is 36.5 Å². The SMILES string of the molecule is CO[C@@H](C)c1c(NC(=O)Nc2cnc(C3CC3)c(Cl)c2)cnc(C)c1Br. The first-order valence-electron chi connectivity index (χ1n) is 8.32. The summed E-state index contributed by atoms with van der Waals surface area (Å²) in [5.41, 5.74) is 3.66. The molecule has 1 fully saturated rings. The van der Waals surface area contributed by atoms with Crippen LogP contribution in [0, 0.1) is 6.92 Å². The van der Waals surface area contributed by atoms with Gasteiger partial charge in [0, 0.05) is 23.1 Å². The van der Waals surface area contributed by atoms with Crippen LogP contribution in [0.4, 0.5) is 16.2 Å². The van der Waals surface area contributed by atoms with Crippen LogP contribution in [0.5, 0.6) is 0 Å². The molecule has 1 saturated carbocycles. The van der Waals surface area contributed by atoms with Crippen LogP contribution in [0.15, 0.2) is 22.9 Å². The molecule has 0 radical (unpaired) electrons. The van der Waals surface area contributed by atoms with Gasteiger partial charge in [0.15, 0.2) is 0 Å². The third kappa shape index (κ3) is 4.16. The van der Waals surface area contributed by atoms with Crippen molar-refractivity contribution in [2.45, 2.75) is 38.7 Å². The molecule has 0 saturated heterocycles. The molecule has 2 amide bonds. The summed E-state index contributed by atoms with van der Waals surface area (Å²) in [6.07, 6.45) is 5.27. The number of aryl methyl sites for hydroxylation is 1. The lowest BCUT2D eigenvalue weighted by atomic mass is 10.1. The van der Waals surface area contributed by atoms with Crippen LogP contribution >= 0.6 is 27.5 Å². The molecule has 2 aromatic heterocycles. The summed E-state index contributed by atoms with van der Waals surface area (Å²) >= 11 is 9.79. The minimum Gasteiger partial charge on any atom is -0.377 e. The molecular weight excluding hydrogens is 420 g/mol. The zero-order chi connectivity index (χ0) is 18.8. The Kier molecular flexibility index (Phi) is 5.79. The van der Waals surface area contributed by atoms with Gasteiger partial charge in [-0.1, -0.05) is 11.6 Å². The molecule has 0 unspecified atom stereocenters. The van der Waals surface area contributed by atoms with Crippen molar-refractivity contribution in [1.29, 1.82) is 0 Å². The molecule has 1 atom stereocenters. The summed E-state index contributed by atoms with van der Waals surface area (Å²) < 4.78 is 6.22. The minimum absolute atomic E-state index is 0.213. The molecule has 2 N–H and O–H groups in total. The Morgan fingerprint density at radius 3 is 2.69 bits per heavy atom. The molecule has 0 aliphatic heterocycles. The van der Waals surface area contributed by atoms with Gasteiger partial charge in [-0.3, -0.25) is 9.97 Å². The number of nitrogens with one attached hydrogen (secondary N) is 2. The fourth-order valence-corrected chi connectivity index (χ4v) is 3.63. The molecule has 6 nitrogen and oxygen atoms in total. The first-order valence-corrected chi connectivity index (χ1v) is 9.49. The van der Waals surface area contributed by atoms with Crippen molar-refractivity contribution in [2.75, 3.05) is 17.7 Å². The van der Waals surface area contributed by atoms with Gasteiger partial charge in [-0.25, -0.2) is 4.79 Å². The molecule has 0 aromatic carbocycles. The number of carbonyl (C=O) groups excluding carboxylic acids is 1. The lowest BCUT2D eigenvalue weighted by molar-refractivity contribution is 0.119. The first kappa shape index (κ1) is 19.1. The molecule has 3 rings (SSSR count). The van der Waals surface area contributed by atoms with E-state index in [1.807, 2.05) is 13.8 Å². The number of pyridine rings is 2. The van der Waals surface area contributed by atoms with E-state index in [1.54, 1.807) is 25.6 Å². The number of nitrogens with zero attached hydrogens (tertiary/aromatic N) is 2. The lowest BCUT2D eigenvalue weighted by Crippen LogP contribution is -2.21. The van der Waals surface area contributed by atoms with E-state index in [1.165, 1.54) is 0 Å². The number of ether oxygens (including phenoxy) is 1. The van der Waals surface area contributed by atoms with Crippen molar-refractivity contribution >= 4 is 44.9 Å². The van der Waals surface area contributed by atoms with Crippen molar-refractivity contribution in [3.63, 3.8) is 0 Å². The highest BCUT2D eigenvalue weighted by atomic mass is 79.9. The molecule has 1 aliphatic rings. The molecule has 2 heterocycles. The number of halogens is 2. The smallest absolute Gasteiger partial charge is 0.323 e. The highest BCUT2D eigenvalue weighted by Crippen LogP contribution is 2.42. The number of amides is 2. The molecular formula is C18H20BrClN4O2. The highest BCUT2D eigenvalue weighted by Gasteiger charge is 2.27. The number of aromatic nitrogens is 2. The van der Waals surface area contributed by atoms with Crippen molar-refractivity contribution < 1.29 is 9.53 Å². The standard InChI is InChI=1S/C18H20BrClN4O2/c1-9-16(19)15(10(2)26-3)14(8-21-9)24-18(25)23-12-6-13(20)17(22-7-12)11-4-5-11/h6-8,10-11H,4-5H2,1-3H3,(H2,23,24,25)/t10-/m0/s1. The topological polar surface area (TPSA) is 76.1 Å². The summed E-state index contributed by atoms with van der Waals surface area (Å²) in [5.74, 6) is 0.458. The third-order valence-corrected chi connectivity index (χ3v) is 5.64. The Balaban J connectivity index is 1.76. The minimum atomic E-state index is -0.399. The maximum absolute atomic E-state index is 12.4. The van der Waals surface area contributed by atoms with E-state index in [-0.39, 0.29) is 6.10 Å². The average molecular weight is 440 g/mol. The highest BCUT2D eigenvalue weighted by molar-refractivity contribution is 9.10. The second kappa shape index (κ2) is 7.90. The van der Waals surface area contributed by atoms with Gasteiger partial charge in [0.25, 0.3) is 0 Å². The van der Waals surface area contributed by atoms with Crippen molar-refractivity contribution in [3.8, 4) is 0 Å². The Morgan fingerprint density at radius 1 is 1.35 bits per heavy atom. The normalized spacial score (nSPS) is 14.8. The predicted molar refractivity (Wildman–Crippen MR) is 106 cm³/mol. The van der Waals surface area contributed by atoms with E-state index in [9.17, 15) is 4.79 Å². The monoisotopic (exact) mass is 438 g/mol. The van der Waals surface area contributed by atoms with Crippen LogP contribution in [0.2, 0.25) is 5.02 Å². The van der Waals surface area contributed by atoms with Crippen LogP contribution in [0.1, 0.15) is 48.7 Å². The van der Waals surface area contributed by atoms with Gasteiger partial charge in [-0.15, -0.1) is 0 Å². The maximum Gasteiger partial charge on any atom is 0.323 e. The van der Waals surface area contributed by atoms with E-state index >= 15 is 0 Å². The van der Waals surface area contributed by atoms with Gasteiger partial charge in [0.1, 0.15) is 0 Å². The Bertz CT molecular complexity index is 842. The van der Waals surface area contributed by atoms with E-state index in [0.29, 0.717) is 22.3 Å². The summed E-state index contributed by atoms with van der Waals surface area (Å²) in [4.78, 5) is 21.1. The molecule has 0 spiro atoms. The van der Waals surface area contributed by atoms with Crippen LogP contribution in [0.3, 0.4) is 0 Å². The van der Waals surface area contributed by atoms with Crippen molar-refractivity contribution in [1.82, 2.24) is 9.97 Å². The summed E-state index contributed by atoms with van der Waals surface area (Å²) in [7, 11) is 1.62. The Hall–Kier alpha value is -1.70. The quantitative estimate of drug-likeness (QED) is 0.651. The summed E-state index contributed by atoms with van der Waals surface area (Å²) in [6.45, 7) is 3.79. The van der Waals surface area contributed by atoms with Crippen molar-refractivity contribution in [3.05, 3.63) is 44.9 Å². The average Bonchev–Trinajstić information content (AvgIpc) is 3.43. The molecule has 26 heavy (non-hydrogen) atoms. The second-order valence-corrected chi connectivity index (χ2v) is 7.51. The largest absolute Gasteiger partial charge is 0.377 e. The van der Waals surface area contributed by atoms with Crippen molar-refractivity contribution in [2.24, 2.45) is 0 Å². The summed E-state index contributed by atoms with van der Waals surface area (Å²) in [6, 6.07) is 1.33. The number of urea groups is 1. The first-order chi connectivity index (χ1) is 12.4. The second-order valence-electron chi connectivity index (χ2n) is 6.31. The van der Waals surface area contributed by atoms with Crippen LogP contribution in [-0.2, 0) is 4.74 Å². The number of methoxy groups -OCH3 is 1. The zero-order valence-corrected chi connectivity index (χ0v) is 17.1. The van der Waals surface area contributed by atoms with Crippen LogP contribution in [0.25, 0.3) is 0 Å². The number of carbonyl (C=O) groups is 1. The molecule has 138 valence electrons. The van der Waals surface area contributed by atoms with Gasteiger partial charge in [0.2, 0.25) is 0 Å². The third-order valence-electron chi connectivity index (χ3n) is 4.33. The fraction of sp³-hybridized carbons (Fsp3) is 0.389. The lowest BCUT2D eigenvalue weighted by Gasteiger charge is -2.18. The van der Waals surface area contributed by atoms with Gasteiger partial charge in [-0.05, 0) is 48.7 Å². The van der Waals surface area contributed by atoms with E-state index < -0.39 is 6.03 Å². The zero-order valence-electron chi connectivity index (χ0n) is 14.8.